The molecular formula is C20H29NO5. The van der Waals surface area contributed by atoms with Crippen molar-refractivity contribution in [3.8, 4) is 0 Å². The van der Waals surface area contributed by atoms with Crippen molar-refractivity contribution in [3.05, 3.63) is 35.9 Å². The molecule has 1 saturated heterocycles. The molecule has 144 valence electrons. The van der Waals surface area contributed by atoms with Crippen LogP contribution in [0.25, 0.3) is 0 Å². The first-order chi connectivity index (χ1) is 12.2. The Kier molecular flexibility index (Phi) is 6.29. The Morgan fingerprint density at radius 2 is 1.77 bits per heavy atom. The largest absolute Gasteiger partial charge is 0.465 e. The molecule has 1 aromatic carbocycles. The number of hydrogen-bond acceptors (Lipinski definition) is 5. The van der Waals surface area contributed by atoms with Crippen molar-refractivity contribution in [2.45, 2.75) is 52.2 Å². The van der Waals surface area contributed by atoms with Gasteiger partial charge in [0.05, 0.1) is 12.7 Å². The quantitative estimate of drug-likeness (QED) is 0.831. The molecule has 26 heavy (non-hydrogen) atoms. The maximum atomic E-state index is 12.7. The molecule has 2 rings (SSSR count). The minimum atomic E-state index is -1.06. The highest BCUT2D eigenvalue weighted by atomic mass is 16.6. The summed E-state index contributed by atoms with van der Waals surface area (Å²) in [5.41, 5.74) is -0.960. The highest BCUT2D eigenvalue weighted by molar-refractivity contribution is 5.79. The van der Waals surface area contributed by atoms with Gasteiger partial charge in [-0.25, -0.2) is 4.79 Å². The van der Waals surface area contributed by atoms with Crippen LogP contribution in [-0.2, 0) is 14.3 Å². The average Bonchev–Trinajstić information content (AvgIpc) is 2.60. The molecule has 1 heterocycles. The molecule has 1 amide bonds. The second-order valence-electron chi connectivity index (χ2n) is 7.66. The van der Waals surface area contributed by atoms with Gasteiger partial charge in [-0.05, 0) is 46.1 Å². The average molecular weight is 363 g/mol. The van der Waals surface area contributed by atoms with Crippen molar-refractivity contribution in [1.82, 2.24) is 4.90 Å². The summed E-state index contributed by atoms with van der Waals surface area (Å²) in [6.45, 7) is 8.11. The summed E-state index contributed by atoms with van der Waals surface area (Å²) in [6.07, 6.45) is -0.741. The number of aliphatic hydroxyl groups is 1. The lowest BCUT2D eigenvalue weighted by Gasteiger charge is -2.42. The monoisotopic (exact) mass is 363 g/mol. The number of esters is 1. The van der Waals surface area contributed by atoms with Crippen LogP contribution in [0.5, 0.6) is 0 Å². The van der Waals surface area contributed by atoms with Gasteiger partial charge in [0.2, 0.25) is 0 Å². The van der Waals surface area contributed by atoms with Crippen LogP contribution in [0, 0.1) is 5.41 Å². The van der Waals surface area contributed by atoms with Gasteiger partial charge in [-0.2, -0.15) is 0 Å². The molecule has 0 saturated carbocycles. The highest BCUT2D eigenvalue weighted by Gasteiger charge is 2.50. The van der Waals surface area contributed by atoms with E-state index in [-0.39, 0.29) is 6.61 Å². The summed E-state index contributed by atoms with van der Waals surface area (Å²) in [7, 11) is 0. The molecule has 1 fully saturated rings. The Morgan fingerprint density at radius 1 is 1.19 bits per heavy atom. The van der Waals surface area contributed by atoms with E-state index in [2.05, 4.69) is 0 Å². The normalized spacial score (nSPS) is 18.1. The molecule has 0 spiro atoms. The lowest BCUT2D eigenvalue weighted by Crippen LogP contribution is -2.50. The molecule has 1 atom stereocenters. The molecule has 1 aliphatic rings. The van der Waals surface area contributed by atoms with E-state index in [0.29, 0.717) is 31.5 Å². The van der Waals surface area contributed by atoms with Crippen molar-refractivity contribution in [3.63, 3.8) is 0 Å². The molecule has 6 nitrogen and oxygen atoms in total. The van der Waals surface area contributed by atoms with Gasteiger partial charge in [0, 0.05) is 13.1 Å². The number of amides is 1. The summed E-state index contributed by atoms with van der Waals surface area (Å²) in [4.78, 5) is 26.6. The van der Waals surface area contributed by atoms with Gasteiger partial charge in [0.25, 0.3) is 0 Å². The van der Waals surface area contributed by atoms with Gasteiger partial charge in [-0.1, -0.05) is 30.3 Å². The maximum Gasteiger partial charge on any atom is 0.410 e. The van der Waals surface area contributed by atoms with E-state index in [0.717, 1.165) is 0 Å². The SMILES string of the molecule is CCOC(=O)C1(C(O)c2ccccc2)CCN(C(=O)OC(C)(C)C)CC1. The lowest BCUT2D eigenvalue weighted by atomic mass is 9.71. The van der Waals surface area contributed by atoms with Crippen LogP contribution < -0.4 is 0 Å². The Bertz CT molecular complexity index is 615. The number of carbonyl (C=O) groups is 2. The third kappa shape index (κ3) is 4.55. The molecule has 1 aromatic rings. The van der Waals surface area contributed by atoms with Crippen LogP contribution in [0.15, 0.2) is 30.3 Å². The van der Waals surface area contributed by atoms with Gasteiger partial charge in [-0.15, -0.1) is 0 Å². The zero-order valence-corrected chi connectivity index (χ0v) is 16.0. The number of likely N-dealkylation sites (tertiary alicyclic amines) is 1. The summed E-state index contributed by atoms with van der Waals surface area (Å²) in [5, 5.41) is 11.0. The topological polar surface area (TPSA) is 76.1 Å². The van der Waals surface area contributed by atoms with Gasteiger partial charge >= 0.3 is 12.1 Å². The fourth-order valence-corrected chi connectivity index (χ4v) is 3.23. The first-order valence-corrected chi connectivity index (χ1v) is 9.08. The molecule has 0 radical (unpaired) electrons. The van der Waals surface area contributed by atoms with Crippen LogP contribution >= 0.6 is 0 Å². The van der Waals surface area contributed by atoms with Gasteiger partial charge in [0.15, 0.2) is 0 Å². The maximum absolute atomic E-state index is 12.7. The molecule has 1 N–H and O–H groups in total. The first kappa shape index (κ1) is 20.2. The van der Waals surface area contributed by atoms with E-state index in [1.54, 1.807) is 24.0 Å². The fraction of sp³-hybridized carbons (Fsp3) is 0.600. The smallest absolute Gasteiger partial charge is 0.410 e. The number of carbonyl (C=O) groups excluding carboxylic acids is 2. The molecule has 0 bridgehead atoms. The van der Waals surface area contributed by atoms with Gasteiger partial charge < -0.3 is 19.5 Å². The number of rotatable bonds is 4. The van der Waals surface area contributed by atoms with E-state index >= 15 is 0 Å². The van der Waals surface area contributed by atoms with Crippen LogP contribution in [0.4, 0.5) is 4.79 Å². The minimum absolute atomic E-state index is 0.248. The van der Waals surface area contributed by atoms with Crippen molar-refractivity contribution in [2.24, 2.45) is 5.41 Å². The zero-order chi connectivity index (χ0) is 19.4. The summed E-state index contributed by atoms with van der Waals surface area (Å²) < 4.78 is 10.7. The number of ether oxygens (including phenoxy) is 2. The molecule has 6 heteroatoms. The summed E-state index contributed by atoms with van der Waals surface area (Å²) in [5.74, 6) is -0.416. The second kappa shape index (κ2) is 8.08. The Balaban J connectivity index is 2.18. The number of piperidine rings is 1. The van der Waals surface area contributed by atoms with Crippen LogP contribution in [0.3, 0.4) is 0 Å². The van der Waals surface area contributed by atoms with Crippen molar-refractivity contribution < 1.29 is 24.2 Å². The fourth-order valence-electron chi connectivity index (χ4n) is 3.23. The highest BCUT2D eigenvalue weighted by Crippen LogP contribution is 2.44. The zero-order valence-electron chi connectivity index (χ0n) is 16.0. The first-order valence-electron chi connectivity index (χ1n) is 9.08. The van der Waals surface area contributed by atoms with E-state index in [1.165, 1.54) is 0 Å². The number of hydrogen-bond donors (Lipinski definition) is 1. The van der Waals surface area contributed by atoms with Crippen LogP contribution in [0.1, 0.15) is 52.2 Å². The van der Waals surface area contributed by atoms with E-state index in [4.69, 9.17) is 9.47 Å². The Morgan fingerprint density at radius 3 is 2.27 bits per heavy atom. The second-order valence-corrected chi connectivity index (χ2v) is 7.66. The van der Waals surface area contributed by atoms with Crippen molar-refractivity contribution >= 4 is 12.1 Å². The third-order valence-corrected chi connectivity index (χ3v) is 4.63. The predicted octanol–water partition coefficient (Wildman–Crippen LogP) is 3.30. The Hall–Kier alpha value is -2.08. The van der Waals surface area contributed by atoms with Crippen LogP contribution in [-0.4, -0.2) is 47.4 Å². The number of nitrogens with zero attached hydrogens (tertiary/aromatic N) is 1. The lowest BCUT2D eigenvalue weighted by molar-refractivity contribution is -0.168. The molecule has 1 aliphatic heterocycles. The molecular weight excluding hydrogens is 334 g/mol. The third-order valence-electron chi connectivity index (χ3n) is 4.63. The van der Waals surface area contributed by atoms with Crippen molar-refractivity contribution in [2.75, 3.05) is 19.7 Å². The summed E-state index contributed by atoms with van der Waals surface area (Å²) >= 11 is 0. The predicted molar refractivity (Wildman–Crippen MR) is 97.5 cm³/mol. The standard InChI is InChI=1S/C20H29NO5/c1-5-25-17(23)20(16(22)15-9-7-6-8-10-15)11-13-21(14-12-20)18(24)26-19(2,3)4/h6-10,16,22H,5,11-14H2,1-4H3. The van der Waals surface area contributed by atoms with E-state index in [1.807, 2.05) is 39.0 Å². The Labute approximate surface area is 155 Å². The molecule has 1 unspecified atom stereocenters. The molecule has 0 aromatic heterocycles. The minimum Gasteiger partial charge on any atom is -0.465 e. The number of benzene rings is 1. The van der Waals surface area contributed by atoms with Gasteiger partial charge in [-0.3, -0.25) is 4.79 Å². The molecule has 0 aliphatic carbocycles. The van der Waals surface area contributed by atoms with E-state index in [9.17, 15) is 14.7 Å². The van der Waals surface area contributed by atoms with Gasteiger partial charge in [0.1, 0.15) is 11.0 Å². The van der Waals surface area contributed by atoms with Crippen molar-refractivity contribution in [1.29, 1.82) is 0 Å². The number of aliphatic hydroxyl groups excluding tert-OH is 1. The summed E-state index contributed by atoms with van der Waals surface area (Å²) in [6, 6.07) is 9.11. The van der Waals surface area contributed by atoms with E-state index < -0.39 is 29.2 Å². The van der Waals surface area contributed by atoms with Crippen LogP contribution in [0.2, 0.25) is 0 Å².